The maximum Gasteiger partial charge on any atom is 0.333 e. The van der Waals surface area contributed by atoms with Crippen LogP contribution in [-0.4, -0.2) is 86.2 Å². The van der Waals surface area contributed by atoms with Crippen molar-refractivity contribution in [2.45, 2.75) is 78.1 Å². The normalized spacial score (nSPS) is 20.7. The molecule has 8 nitrogen and oxygen atoms in total. The summed E-state index contributed by atoms with van der Waals surface area (Å²) in [6.07, 6.45) is 4.09. The van der Waals surface area contributed by atoms with Gasteiger partial charge >= 0.3 is 5.97 Å². The molecule has 1 fully saturated rings. The lowest BCUT2D eigenvalue weighted by molar-refractivity contribution is -0.142. The molecule has 4 atom stereocenters. The van der Waals surface area contributed by atoms with Gasteiger partial charge in [0.05, 0.1) is 24.8 Å². The van der Waals surface area contributed by atoms with Crippen LogP contribution in [0.15, 0.2) is 11.6 Å². The second-order valence-corrected chi connectivity index (χ2v) is 8.67. The van der Waals surface area contributed by atoms with Crippen LogP contribution in [0.3, 0.4) is 0 Å². The first kappa shape index (κ1) is 27.1. The van der Waals surface area contributed by atoms with Crippen molar-refractivity contribution in [3.63, 3.8) is 0 Å². The second-order valence-electron chi connectivity index (χ2n) is 8.67. The number of carbonyl (C=O) groups is 3. The summed E-state index contributed by atoms with van der Waals surface area (Å²) in [5.74, 6) is -0.758. The quantitative estimate of drug-likeness (QED) is 0.414. The van der Waals surface area contributed by atoms with Gasteiger partial charge < -0.3 is 19.7 Å². The summed E-state index contributed by atoms with van der Waals surface area (Å²) < 4.78 is 10.5. The maximum atomic E-state index is 13.4. The third-order valence-electron chi connectivity index (χ3n) is 5.97. The Morgan fingerprint density at radius 3 is 2.39 bits per heavy atom. The number of hydrogen-bond donors (Lipinski definition) is 1. The number of nitrogens with zero attached hydrogens (tertiary/aromatic N) is 2. The summed E-state index contributed by atoms with van der Waals surface area (Å²) in [6.45, 7) is 10.3. The number of methoxy groups -OCH3 is 1. The number of likely N-dealkylation sites (N-methyl/N-ethyl adjacent to an activating group) is 2. The van der Waals surface area contributed by atoms with Crippen molar-refractivity contribution in [2.75, 3.05) is 34.4 Å². The van der Waals surface area contributed by atoms with E-state index in [1.165, 1.54) is 7.11 Å². The van der Waals surface area contributed by atoms with Gasteiger partial charge in [-0.2, -0.15) is 0 Å². The molecule has 1 saturated heterocycles. The number of hydrogen-bond acceptors (Lipinski definition) is 6. The molecule has 0 aromatic heterocycles. The van der Waals surface area contributed by atoms with Crippen molar-refractivity contribution >= 4 is 17.8 Å². The highest BCUT2D eigenvalue weighted by molar-refractivity contribution is 5.91. The van der Waals surface area contributed by atoms with Crippen LogP contribution in [0, 0.1) is 5.92 Å². The Morgan fingerprint density at radius 1 is 1.23 bits per heavy atom. The van der Waals surface area contributed by atoms with Crippen LogP contribution in [0.1, 0.15) is 53.9 Å². The molecule has 0 aromatic rings. The Morgan fingerprint density at radius 2 is 1.87 bits per heavy atom. The number of amides is 2. The first-order valence-electron chi connectivity index (χ1n) is 11.2. The third-order valence-corrected chi connectivity index (χ3v) is 5.97. The van der Waals surface area contributed by atoms with Crippen molar-refractivity contribution in [3.05, 3.63) is 11.6 Å². The van der Waals surface area contributed by atoms with Crippen molar-refractivity contribution in [3.8, 4) is 0 Å². The number of ether oxygens (including phenoxy) is 2. The SMILES string of the molecule is CCOC(=O)C(C)=C[C@H](C(C)C)N(C)C(=O)[C@@H](NC(=O)[C@H]1CCCCN1C)C(C)OC. The molecule has 31 heavy (non-hydrogen) atoms. The molecule has 178 valence electrons. The number of likely N-dealkylation sites (tertiary alicyclic amines) is 1. The molecule has 2 amide bonds. The van der Waals surface area contributed by atoms with E-state index in [2.05, 4.69) is 5.32 Å². The predicted octanol–water partition coefficient (Wildman–Crippen LogP) is 1.98. The Hall–Kier alpha value is -1.93. The molecule has 0 bridgehead atoms. The van der Waals surface area contributed by atoms with Gasteiger partial charge in [-0.05, 0) is 53.1 Å². The molecular weight excluding hydrogens is 398 g/mol. The van der Waals surface area contributed by atoms with Crippen molar-refractivity contribution in [2.24, 2.45) is 5.92 Å². The van der Waals surface area contributed by atoms with Gasteiger partial charge in [0.2, 0.25) is 11.8 Å². The predicted molar refractivity (Wildman–Crippen MR) is 120 cm³/mol. The van der Waals surface area contributed by atoms with E-state index in [1.54, 1.807) is 38.8 Å². The molecule has 1 aliphatic heterocycles. The zero-order valence-corrected chi connectivity index (χ0v) is 20.4. The first-order valence-corrected chi connectivity index (χ1v) is 11.2. The summed E-state index contributed by atoms with van der Waals surface area (Å²) in [7, 11) is 5.15. The first-order chi connectivity index (χ1) is 14.5. The van der Waals surface area contributed by atoms with E-state index in [9.17, 15) is 14.4 Å². The average molecular weight is 440 g/mol. The lowest BCUT2D eigenvalue weighted by Crippen LogP contribution is -2.59. The molecule has 1 rings (SSSR count). The summed E-state index contributed by atoms with van der Waals surface area (Å²) in [4.78, 5) is 42.1. The minimum absolute atomic E-state index is 0.0528. The molecule has 8 heteroatoms. The molecule has 0 aromatic carbocycles. The third kappa shape index (κ3) is 7.61. The minimum Gasteiger partial charge on any atom is -0.463 e. The molecule has 0 radical (unpaired) electrons. The number of rotatable bonds is 10. The zero-order chi connectivity index (χ0) is 23.7. The van der Waals surface area contributed by atoms with Crippen LogP contribution in [0.5, 0.6) is 0 Å². The van der Waals surface area contributed by atoms with Crippen molar-refractivity contribution in [1.29, 1.82) is 0 Å². The van der Waals surface area contributed by atoms with E-state index in [1.807, 2.05) is 25.8 Å². The van der Waals surface area contributed by atoms with Gasteiger partial charge in [0.1, 0.15) is 6.04 Å². The zero-order valence-electron chi connectivity index (χ0n) is 20.4. The monoisotopic (exact) mass is 439 g/mol. The molecule has 1 unspecified atom stereocenters. The molecule has 1 aliphatic rings. The fourth-order valence-electron chi connectivity index (χ4n) is 3.86. The standard InChI is InChI=1S/C23H41N3O5/c1-9-31-23(29)16(4)14-19(15(2)3)26(7)22(28)20(17(5)30-8)24-21(27)18-12-10-11-13-25(18)6/h14-15,17-20H,9-13H2,1-8H3,(H,24,27)/t17?,18-,19-,20+/m1/s1. The number of esters is 1. The van der Waals surface area contributed by atoms with Gasteiger partial charge in [-0.15, -0.1) is 0 Å². The minimum atomic E-state index is -0.824. The van der Waals surface area contributed by atoms with Gasteiger partial charge in [-0.1, -0.05) is 26.3 Å². The maximum absolute atomic E-state index is 13.4. The molecule has 0 spiro atoms. The van der Waals surface area contributed by atoms with Crippen LogP contribution < -0.4 is 5.32 Å². The molecule has 1 N–H and O–H groups in total. The fraction of sp³-hybridized carbons (Fsp3) is 0.783. The van der Waals surface area contributed by atoms with Crippen molar-refractivity contribution < 1.29 is 23.9 Å². The van der Waals surface area contributed by atoms with Gasteiger partial charge in [0.25, 0.3) is 0 Å². The van der Waals surface area contributed by atoms with Gasteiger partial charge in [-0.25, -0.2) is 4.79 Å². The lowest BCUT2D eigenvalue weighted by atomic mass is 9.98. The molecular formula is C23H41N3O5. The van der Waals surface area contributed by atoms with Crippen LogP contribution in [0.25, 0.3) is 0 Å². The van der Waals surface area contributed by atoms with Crippen molar-refractivity contribution in [1.82, 2.24) is 15.1 Å². The topological polar surface area (TPSA) is 88.2 Å². The number of piperidine rings is 1. The Kier molecular flexibility index (Phi) is 11.2. The van der Waals surface area contributed by atoms with Crippen LogP contribution in [-0.2, 0) is 23.9 Å². The Bertz CT molecular complexity index is 649. The van der Waals surface area contributed by atoms with Crippen LogP contribution in [0.2, 0.25) is 0 Å². The van der Waals surface area contributed by atoms with E-state index in [0.29, 0.717) is 12.2 Å². The van der Waals surface area contributed by atoms with Crippen LogP contribution in [0.4, 0.5) is 0 Å². The highest BCUT2D eigenvalue weighted by Crippen LogP contribution is 2.18. The largest absolute Gasteiger partial charge is 0.463 e. The Balaban J connectivity index is 3.06. The van der Waals surface area contributed by atoms with Gasteiger partial charge in [-0.3, -0.25) is 14.5 Å². The summed E-state index contributed by atoms with van der Waals surface area (Å²) in [5, 5.41) is 2.93. The summed E-state index contributed by atoms with van der Waals surface area (Å²) in [6, 6.07) is -1.40. The second kappa shape index (κ2) is 12.8. The van der Waals surface area contributed by atoms with E-state index < -0.39 is 18.1 Å². The van der Waals surface area contributed by atoms with E-state index in [-0.39, 0.29) is 29.8 Å². The smallest absolute Gasteiger partial charge is 0.333 e. The number of nitrogens with one attached hydrogen (secondary N) is 1. The lowest BCUT2D eigenvalue weighted by Gasteiger charge is -2.36. The highest BCUT2D eigenvalue weighted by atomic mass is 16.5. The Labute approximate surface area is 187 Å². The molecule has 0 aliphatic carbocycles. The van der Waals surface area contributed by atoms with E-state index >= 15 is 0 Å². The summed E-state index contributed by atoms with van der Waals surface area (Å²) in [5.41, 5.74) is 0.449. The molecule has 1 heterocycles. The fourth-order valence-corrected chi connectivity index (χ4v) is 3.86. The number of carbonyl (C=O) groups excluding carboxylic acids is 3. The van der Waals surface area contributed by atoms with Gasteiger partial charge in [0, 0.05) is 19.7 Å². The molecule has 0 saturated carbocycles. The average Bonchev–Trinajstić information content (AvgIpc) is 2.74. The summed E-state index contributed by atoms with van der Waals surface area (Å²) >= 11 is 0. The van der Waals surface area contributed by atoms with E-state index in [0.717, 1.165) is 25.8 Å². The van der Waals surface area contributed by atoms with E-state index in [4.69, 9.17) is 9.47 Å². The van der Waals surface area contributed by atoms with Crippen LogP contribution >= 0.6 is 0 Å². The highest BCUT2D eigenvalue weighted by Gasteiger charge is 2.35. The van der Waals surface area contributed by atoms with Gasteiger partial charge in [0.15, 0.2) is 0 Å².